The normalized spacial score (nSPS) is 9.53. The molecule has 1 aromatic rings. The molecule has 0 atom stereocenters. The van der Waals surface area contributed by atoms with Gasteiger partial charge in [0.05, 0.1) is 0 Å². The summed E-state index contributed by atoms with van der Waals surface area (Å²) in [5.41, 5.74) is 5.98. The molecule has 0 unspecified atom stereocenters. The highest BCUT2D eigenvalue weighted by Gasteiger charge is 1.85. The van der Waals surface area contributed by atoms with Crippen LogP contribution in [0.25, 0.3) is 0 Å². The summed E-state index contributed by atoms with van der Waals surface area (Å²) < 4.78 is 0. The molecule has 0 fully saturated rings. The maximum atomic E-state index is 8.70. The van der Waals surface area contributed by atoms with Crippen molar-refractivity contribution in [2.45, 2.75) is 58.8 Å². The first-order valence-electron chi connectivity index (χ1n) is 6.75. The molecule has 0 aliphatic carbocycles. The second kappa shape index (κ2) is 11.3. The van der Waals surface area contributed by atoms with E-state index < -0.39 is 0 Å². The minimum atomic E-state index is 0.249. The number of anilines is 1. The maximum Gasteiger partial charge on any atom is 0.115 e. The smallest absolute Gasteiger partial charge is 0.115 e. The van der Waals surface area contributed by atoms with Gasteiger partial charge in [0, 0.05) is 5.69 Å². The van der Waals surface area contributed by atoms with Crippen LogP contribution in [0.4, 0.5) is 5.69 Å². The van der Waals surface area contributed by atoms with Crippen LogP contribution >= 0.6 is 0 Å². The van der Waals surface area contributed by atoms with Crippen molar-refractivity contribution in [2.75, 3.05) is 5.73 Å². The summed E-state index contributed by atoms with van der Waals surface area (Å²) in [4.78, 5) is 0. The Morgan fingerprint density at radius 2 is 1.24 bits per heavy atom. The van der Waals surface area contributed by atoms with E-state index in [1.54, 1.807) is 24.3 Å². The van der Waals surface area contributed by atoms with Crippen molar-refractivity contribution in [3.63, 3.8) is 0 Å². The average molecular weight is 237 g/mol. The predicted octanol–water partition coefficient (Wildman–Crippen LogP) is 4.73. The SMILES string of the molecule is CCCCCCCCC.Nc1ccc(O)cc1. The van der Waals surface area contributed by atoms with Gasteiger partial charge in [-0.3, -0.25) is 0 Å². The van der Waals surface area contributed by atoms with Gasteiger partial charge in [0.25, 0.3) is 0 Å². The zero-order chi connectivity index (χ0) is 12.9. The van der Waals surface area contributed by atoms with Gasteiger partial charge >= 0.3 is 0 Å². The highest BCUT2D eigenvalue weighted by Crippen LogP contribution is 2.09. The summed E-state index contributed by atoms with van der Waals surface area (Å²) in [6, 6.07) is 6.40. The van der Waals surface area contributed by atoms with Gasteiger partial charge in [0.15, 0.2) is 0 Å². The minimum absolute atomic E-state index is 0.249. The Balaban J connectivity index is 0.000000302. The van der Waals surface area contributed by atoms with Crippen molar-refractivity contribution in [3.05, 3.63) is 24.3 Å². The molecule has 0 heterocycles. The van der Waals surface area contributed by atoms with Crippen LogP contribution in [0.15, 0.2) is 24.3 Å². The number of hydrogen-bond acceptors (Lipinski definition) is 2. The van der Waals surface area contributed by atoms with E-state index in [0.717, 1.165) is 0 Å². The van der Waals surface area contributed by atoms with E-state index in [0.29, 0.717) is 5.69 Å². The summed E-state index contributed by atoms with van der Waals surface area (Å²) in [7, 11) is 0. The van der Waals surface area contributed by atoms with Gasteiger partial charge in [-0.25, -0.2) is 0 Å². The number of nitrogen functional groups attached to an aromatic ring is 1. The number of phenols is 1. The van der Waals surface area contributed by atoms with Crippen molar-refractivity contribution < 1.29 is 5.11 Å². The zero-order valence-electron chi connectivity index (χ0n) is 11.3. The molecule has 1 aromatic carbocycles. The molecule has 0 aromatic heterocycles. The van der Waals surface area contributed by atoms with Gasteiger partial charge in [-0.1, -0.05) is 58.8 Å². The molecule has 0 saturated carbocycles. The molecule has 0 amide bonds. The standard InChI is InChI=1S/C9H20.C6H7NO/c1-3-5-7-9-8-6-4-2;7-5-1-3-6(8)4-2-5/h3-9H2,1-2H3;1-4,8H,7H2. The first-order valence-corrected chi connectivity index (χ1v) is 6.75. The number of hydrogen-bond donors (Lipinski definition) is 2. The molecule has 98 valence electrons. The first kappa shape index (κ1) is 15.8. The molecule has 0 bridgehead atoms. The molecule has 2 nitrogen and oxygen atoms in total. The summed E-state index contributed by atoms with van der Waals surface area (Å²) in [5.74, 6) is 0.249. The monoisotopic (exact) mass is 237 g/mol. The lowest BCUT2D eigenvalue weighted by Crippen LogP contribution is -1.80. The van der Waals surface area contributed by atoms with E-state index in [4.69, 9.17) is 10.8 Å². The van der Waals surface area contributed by atoms with E-state index >= 15 is 0 Å². The van der Waals surface area contributed by atoms with Crippen LogP contribution in [0.5, 0.6) is 5.75 Å². The van der Waals surface area contributed by atoms with Crippen LogP contribution in [-0.4, -0.2) is 5.11 Å². The van der Waals surface area contributed by atoms with Crippen LogP contribution in [0.2, 0.25) is 0 Å². The quantitative estimate of drug-likeness (QED) is 0.427. The summed E-state index contributed by atoms with van der Waals surface area (Å²) in [6.45, 7) is 4.53. The fourth-order valence-electron chi connectivity index (χ4n) is 1.50. The van der Waals surface area contributed by atoms with E-state index in [9.17, 15) is 0 Å². The van der Waals surface area contributed by atoms with Crippen LogP contribution in [0.3, 0.4) is 0 Å². The van der Waals surface area contributed by atoms with Crippen molar-refractivity contribution >= 4 is 5.69 Å². The van der Waals surface area contributed by atoms with E-state index in [1.165, 1.54) is 44.9 Å². The summed E-state index contributed by atoms with van der Waals surface area (Å²) in [6.07, 6.45) is 9.97. The molecule has 3 N–H and O–H groups in total. The van der Waals surface area contributed by atoms with Crippen LogP contribution in [0.1, 0.15) is 58.8 Å². The highest BCUT2D eigenvalue weighted by atomic mass is 16.3. The van der Waals surface area contributed by atoms with E-state index in [2.05, 4.69) is 13.8 Å². The Hall–Kier alpha value is -1.18. The Labute approximate surface area is 106 Å². The topological polar surface area (TPSA) is 46.2 Å². The largest absolute Gasteiger partial charge is 0.508 e. The molecule has 0 aliphatic heterocycles. The second-order valence-electron chi connectivity index (χ2n) is 4.36. The van der Waals surface area contributed by atoms with Crippen LogP contribution in [-0.2, 0) is 0 Å². The first-order chi connectivity index (χ1) is 8.20. The maximum absolute atomic E-state index is 8.70. The number of phenolic OH excluding ortho intramolecular Hbond substituents is 1. The Kier molecular flexibility index (Phi) is 10.5. The van der Waals surface area contributed by atoms with Gasteiger partial charge in [-0.05, 0) is 24.3 Å². The van der Waals surface area contributed by atoms with Crippen molar-refractivity contribution in [1.29, 1.82) is 0 Å². The van der Waals surface area contributed by atoms with Gasteiger partial charge in [-0.2, -0.15) is 0 Å². The van der Waals surface area contributed by atoms with Gasteiger partial charge < -0.3 is 10.8 Å². The molecular weight excluding hydrogens is 210 g/mol. The lowest BCUT2D eigenvalue weighted by atomic mass is 10.1. The van der Waals surface area contributed by atoms with E-state index in [-0.39, 0.29) is 5.75 Å². The lowest BCUT2D eigenvalue weighted by Gasteiger charge is -1.96. The molecule has 1 rings (SSSR count). The lowest BCUT2D eigenvalue weighted by molar-refractivity contribution is 0.475. The Bertz CT molecular complexity index is 229. The average Bonchev–Trinajstić information content (AvgIpc) is 2.34. The van der Waals surface area contributed by atoms with Crippen LogP contribution in [0, 0.1) is 0 Å². The molecule has 0 saturated heterocycles. The Morgan fingerprint density at radius 1 is 0.824 bits per heavy atom. The third kappa shape index (κ3) is 11.1. The highest BCUT2D eigenvalue weighted by molar-refractivity contribution is 5.40. The van der Waals surface area contributed by atoms with Crippen molar-refractivity contribution in [3.8, 4) is 5.75 Å². The summed E-state index contributed by atoms with van der Waals surface area (Å²) in [5, 5.41) is 8.70. The summed E-state index contributed by atoms with van der Waals surface area (Å²) >= 11 is 0. The van der Waals surface area contributed by atoms with Crippen LogP contribution < -0.4 is 5.73 Å². The molecule has 0 radical (unpaired) electrons. The molecule has 17 heavy (non-hydrogen) atoms. The van der Waals surface area contributed by atoms with Gasteiger partial charge in [0.1, 0.15) is 5.75 Å². The molecule has 2 heteroatoms. The van der Waals surface area contributed by atoms with Crippen molar-refractivity contribution in [2.24, 2.45) is 0 Å². The van der Waals surface area contributed by atoms with E-state index in [1.807, 2.05) is 0 Å². The molecule has 0 spiro atoms. The minimum Gasteiger partial charge on any atom is -0.508 e. The Morgan fingerprint density at radius 3 is 1.59 bits per heavy atom. The number of benzene rings is 1. The van der Waals surface area contributed by atoms with Crippen molar-refractivity contribution in [1.82, 2.24) is 0 Å². The second-order valence-corrected chi connectivity index (χ2v) is 4.36. The number of rotatable bonds is 6. The predicted molar refractivity (Wildman–Crippen MR) is 76.2 cm³/mol. The molecular formula is C15H27NO. The number of unbranched alkanes of at least 4 members (excludes halogenated alkanes) is 6. The molecule has 0 aliphatic rings. The fraction of sp³-hybridized carbons (Fsp3) is 0.600. The zero-order valence-corrected chi connectivity index (χ0v) is 11.3. The van der Waals surface area contributed by atoms with Gasteiger partial charge in [0.2, 0.25) is 0 Å². The third-order valence-corrected chi connectivity index (χ3v) is 2.60. The number of aromatic hydroxyl groups is 1. The van der Waals surface area contributed by atoms with Gasteiger partial charge in [-0.15, -0.1) is 0 Å². The fourth-order valence-corrected chi connectivity index (χ4v) is 1.50. The third-order valence-electron chi connectivity index (χ3n) is 2.60. The number of nitrogens with two attached hydrogens (primary N) is 1.